The predicted molar refractivity (Wildman–Crippen MR) is 122 cm³/mol. The second-order valence-electron chi connectivity index (χ2n) is 8.53. The Labute approximate surface area is 166 Å². The van der Waals surface area contributed by atoms with Gasteiger partial charge in [0.25, 0.3) is 0 Å². The van der Waals surface area contributed by atoms with Crippen LogP contribution < -0.4 is 0 Å². The van der Waals surface area contributed by atoms with E-state index in [-0.39, 0.29) is 0 Å². The number of hydrogen-bond donors (Lipinski definition) is 0. The fourth-order valence-electron chi connectivity index (χ4n) is 3.85. The Kier molecular flexibility index (Phi) is 20.2. The van der Waals surface area contributed by atoms with E-state index < -0.39 is 7.14 Å². The summed E-state index contributed by atoms with van der Waals surface area (Å²) >= 11 is 0. The third-order valence-electron chi connectivity index (χ3n) is 5.76. The maximum Gasteiger partial charge on any atom is 0.0877 e. The fourth-order valence-corrected chi connectivity index (χ4v) is 7.01. The van der Waals surface area contributed by atoms with Crippen molar-refractivity contribution in [2.24, 2.45) is 0 Å². The molecule has 0 N–H and O–H groups in total. The SMILES string of the molecule is CCCCCCCCCCP(=O)(CCCC)CCCCCCCCCC. The Morgan fingerprint density at radius 2 is 0.654 bits per heavy atom. The van der Waals surface area contributed by atoms with E-state index in [9.17, 15) is 4.57 Å². The van der Waals surface area contributed by atoms with Crippen LogP contribution in [0, 0.1) is 0 Å². The van der Waals surface area contributed by atoms with Crippen molar-refractivity contribution < 1.29 is 4.57 Å². The first-order chi connectivity index (χ1) is 12.7. The quantitative estimate of drug-likeness (QED) is 0.142. The Morgan fingerprint density at radius 3 is 1.00 bits per heavy atom. The van der Waals surface area contributed by atoms with Crippen molar-refractivity contribution in [1.82, 2.24) is 0 Å². The van der Waals surface area contributed by atoms with Crippen molar-refractivity contribution in [2.75, 3.05) is 18.5 Å². The van der Waals surface area contributed by atoms with Crippen LogP contribution in [-0.4, -0.2) is 18.5 Å². The van der Waals surface area contributed by atoms with Crippen molar-refractivity contribution in [1.29, 1.82) is 0 Å². The lowest BCUT2D eigenvalue weighted by molar-refractivity contribution is 0.554. The molecule has 0 aromatic heterocycles. The van der Waals surface area contributed by atoms with Gasteiger partial charge in [0, 0.05) is 18.5 Å². The Balaban J connectivity index is 3.80. The molecule has 158 valence electrons. The third-order valence-corrected chi connectivity index (χ3v) is 9.15. The summed E-state index contributed by atoms with van der Waals surface area (Å²) in [5, 5.41) is 0. The Hall–Kier alpha value is 0.230. The molecule has 0 aromatic carbocycles. The van der Waals surface area contributed by atoms with Gasteiger partial charge in [-0.15, -0.1) is 0 Å². The van der Waals surface area contributed by atoms with Crippen LogP contribution in [0.3, 0.4) is 0 Å². The molecule has 0 heterocycles. The van der Waals surface area contributed by atoms with Gasteiger partial charge in [-0.1, -0.05) is 117 Å². The summed E-state index contributed by atoms with van der Waals surface area (Å²) in [7, 11) is -1.87. The minimum atomic E-state index is -1.87. The molecule has 0 radical (unpaired) electrons. The van der Waals surface area contributed by atoms with E-state index in [4.69, 9.17) is 0 Å². The number of unbranched alkanes of at least 4 members (excludes halogenated alkanes) is 15. The van der Waals surface area contributed by atoms with Crippen LogP contribution in [-0.2, 0) is 4.57 Å². The zero-order chi connectivity index (χ0) is 19.3. The first-order valence-corrected chi connectivity index (χ1v) is 14.5. The molecule has 0 amide bonds. The maximum atomic E-state index is 13.3. The second kappa shape index (κ2) is 20.0. The molecule has 0 bridgehead atoms. The van der Waals surface area contributed by atoms with Crippen LogP contribution in [0.5, 0.6) is 0 Å². The molecule has 0 aliphatic heterocycles. The Bertz CT molecular complexity index is 289. The minimum absolute atomic E-state index is 1.02. The van der Waals surface area contributed by atoms with Crippen molar-refractivity contribution in [2.45, 2.75) is 136 Å². The highest BCUT2D eigenvalue weighted by atomic mass is 31.2. The topological polar surface area (TPSA) is 17.1 Å². The monoisotopic (exact) mass is 386 g/mol. The van der Waals surface area contributed by atoms with Crippen LogP contribution in [0.1, 0.15) is 136 Å². The zero-order valence-electron chi connectivity index (χ0n) is 18.7. The van der Waals surface area contributed by atoms with Gasteiger partial charge in [0.05, 0.1) is 7.14 Å². The van der Waals surface area contributed by atoms with Gasteiger partial charge in [0.15, 0.2) is 0 Å². The summed E-state index contributed by atoms with van der Waals surface area (Å²) < 4.78 is 13.3. The van der Waals surface area contributed by atoms with Crippen LogP contribution in [0.25, 0.3) is 0 Å². The number of hydrogen-bond acceptors (Lipinski definition) is 1. The molecule has 0 fully saturated rings. The lowest BCUT2D eigenvalue weighted by Crippen LogP contribution is -2.01. The largest absolute Gasteiger partial charge is 0.324 e. The van der Waals surface area contributed by atoms with Crippen molar-refractivity contribution in [3.8, 4) is 0 Å². The summed E-state index contributed by atoms with van der Waals surface area (Å²) in [5.41, 5.74) is 0. The molecule has 0 saturated heterocycles. The molecule has 0 aromatic rings. The van der Waals surface area contributed by atoms with Gasteiger partial charge < -0.3 is 4.57 Å². The van der Waals surface area contributed by atoms with E-state index in [1.54, 1.807) is 0 Å². The van der Waals surface area contributed by atoms with E-state index in [1.807, 2.05) is 0 Å². The lowest BCUT2D eigenvalue weighted by Gasteiger charge is -2.18. The third kappa shape index (κ3) is 17.6. The maximum absolute atomic E-state index is 13.3. The fraction of sp³-hybridized carbons (Fsp3) is 1.00. The van der Waals surface area contributed by atoms with E-state index in [0.717, 1.165) is 18.5 Å². The average molecular weight is 387 g/mol. The molecule has 2 heteroatoms. The molecular formula is C24H51OP. The van der Waals surface area contributed by atoms with Crippen LogP contribution in [0.15, 0.2) is 0 Å². The lowest BCUT2D eigenvalue weighted by atomic mass is 10.1. The molecule has 0 spiro atoms. The van der Waals surface area contributed by atoms with Gasteiger partial charge >= 0.3 is 0 Å². The summed E-state index contributed by atoms with van der Waals surface area (Å²) in [6.07, 6.45) is 27.1. The highest BCUT2D eigenvalue weighted by molar-refractivity contribution is 7.63. The minimum Gasteiger partial charge on any atom is -0.324 e. The van der Waals surface area contributed by atoms with Gasteiger partial charge in [-0.05, 0) is 19.3 Å². The summed E-state index contributed by atoms with van der Waals surface area (Å²) in [4.78, 5) is 0. The molecule has 0 atom stereocenters. The van der Waals surface area contributed by atoms with Crippen molar-refractivity contribution in [3.63, 3.8) is 0 Å². The van der Waals surface area contributed by atoms with Crippen molar-refractivity contribution in [3.05, 3.63) is 0 Å². The first kappa shape index (κ1) is 26.2. The predicted octanol–water partition coefficient (Wildman–Crippen LogP) is 9.43. The highest BCUT2D eigenvalue weighted by Crippen LogP contribution is 2.48. The standard InChI is InChI=1S/C24H51OP/c1-4-7-10-12-14-16-18-20-23-26(25,22-9-6-3)24-21-19-17-15-13-11-8-5-2/h4-24H2,1-3H3. The number of rotatable bonds is 21. The molecule has 1 nitrogen and oxygen atoms in total. The van der Waals surface area contributed by atoms with E-state index in [1.165, 1.54) is 116 Å². The van der Waals surface area contributed by atoms with E-state index in [0.29, 0.717) is 0 Å². The van der Waals surface area contributed by atoms with E-state index >= 15 is 0 Å². The molecular weight excluding hydrogens is 335 g/mol. The van der Waals surface area contributed by atoms with Crippen molar-refractivity contribution >= 4 is 7.14 Å². The van der Waals surface area contributed by atoms with Crippen LogP contribution in [0.4, 0.5) is 0 Å². The second-order valence-corrected chi connectivity index (χ2v) is 12.0. The first-order valence-electron chi connectivity index (χ1n) is 12.3. The molecule has 0 aliphatic rings. The molecule has 26 heavy (non-hydrogen) atoms. The van der Waals surface area contributed by atoms with Gasteiger partial charge in [-0.2, -0.15) is 0 Å². The molecule has 0 saturated carbocycles. The smallest absolute Gasteiger partial charge is 0.0877 e. The molecule has 0 aliphatic carbocycles. The normalized spacial score (nSPS) is 12.0. The van der Waals surface area contributed by atoms with Crippen LogP contribution in [0.2, 0.25) is 0 Å². The molecule has 0 rings (SSSR count). The van der Waals surface area contributed by atoms with Gasteiger partial charge in [0.2, 0.25) is 0 Å². The molecule has 0 unspecified atom stereocenters. The highest BCUT2D eigenvalue weighted by Gasteiger charge is 2.20. The summed E-state index contributed by atoms with van der Waals surface area (Å²) in [6, 6.07) is 0. The average Bonchev–Trinajstić information content (AvgIpc) is 2.64. The van der Waals surface area contributed by atoms with Gasteiger partial charge in [-0.25, -0.2) is 0 Å². The zero-order valence-corrected chi connectivity index (χ0v) is 19.6. The van der Waals surface area contributed by atoms with Crippen LogP contribution >= 0.6 is 7.14 Å². The van der Waals surface area contributed by atoms with E-state index in [2.05, 4.69) is 20.8 Å². The Morgan fingerprint density at radius 1 is 0.385 bits per heavy atom. The summed E-state index contributed by atoms with van der Waals surface area (Å²) in [5.74, 6) is 0. The van der Waals surface area contributed by atoms with Gasteiger partial charge in [0.1, 0.15) is 0 Å². The summed E-state index contributed by atoms with van der Waals surface area (Å²) in [6.45, 7) is 6.79. The van der Waals surface area contributed by atoms with Gasteiger partial charge in [-0.3, -0.25) is 0 Å².